The number of likely N-dealkylation sites (tertiary alicyclic amines) is 1. The summed E-state index contributed by atoms with van der Waals surface area (Å²) in [6.45, 7) is 2.62. The summed E-state index contributed by atoms with van der Waals surface area (Å²) in [5.41, 5.74) is 1.46. The number of nitrogens with zero attached hydrogens (tertiary/aromatic N) is 5. The van der Waals surface area contributed by atoms with Crippen LogP contribution in [0.2, 0.25) is 0 Å². The van der Waals surface area contributed by atoms with Gasteiger partial charge in [-0.15, -0.1) is 0 Å². The van der Waals surface area contributed by atoms with Crippen LogP contribution in [0.4, 0.5) is 0 Å². The molecule has 1 atom stereocenters. The Morgan fingerprint density at radius 3 is 2.83 bits per heavy atom. The molecule has 7 nitrogen and oxygen atoms in total. The van der Waals surface area contributed by atoms with Crippen molar-refractivity contribution in [2.24, 2.45) is 7.05 Å². The first-order valence-electron chi connectivity index (χ1n) is 8.28. The zero-order valence-corrected chi connectivity index (χ0v) is 13.5. The van der Waals surface area contributed by atoms with Crippen LogP contribution in [0, 0.1) is 6.92 Å². The fourth-order valence-electron chi connectivity index (χ4n) is 3.28. The van der Waals surface area contributed by atoms with Gasteiger partial charge in [0.1, 0.15) is 5.69 Å². The highest BCUT2D eigenvalue weighted by Crippen LogP contribution is 2.40. The van der Waals surface area contributed by atoms with Gasteiger partial charge in [-0.3, -0.25) is 9.48 Å². The van der Waals surface area contributed by atoms with Crippen molar-refractivity contribution in [3.05, 3.63) is 29.2 Å². The number of piperidine rings is 1. The van der Waals surface area contributed by atoms with Crippen LogP contribution in [0.25, 0.3) is 0 Å². The van der Waals surface area contributed by atoms with E-state index in [1.54, 1.807) is 11.7 Å². The largest absolute Gasteiger partial charge is 0.339 e. The van der Waals surface area contributed by atoms with Crippen molar-refractivity contribution < 1.29 is 9.32 Å². The molecule has 0 radical (unpaired) electrons. The first kappa shape index (κ1) is 14.4. The van der Waals surface area contributed by atoms with Gasteiger partial charge in [0.2, 0.25) is 5.89 Å². The van der Waals surface area contributed by atoms with E-state index in [-0.39, 0.29) is 11.9 Å². The normalized spacial score (nSPS) is 21.7. The molecule has 1 saturated carbocycles. The summed E-state index contributed by atoms with van der Waals surface area (Å²) in [5, 5.41) is 8.43. The Morgan fingerprint density at radius 2 is 2.13 bits per heavy atom. The molecule has 122 valence electrons. The molecule has 3 heterocycles. The van der Waals surface area contributed by atoms with Gasteiger partial charge in [-0.05, 0) is 45.1 Å². The quantitative estimate of drug-likeness (QED) is 0.869. The Hall–Kier alpha value is -2.18. The number of hydrogen-bond acceptors (Lipinski definition) is 5. The molecule has 4 rings (SSSR count). The minimum atomic E-state index is -0.0947. The van der Waals surface area contributed by atoms with Crippen LogP contribution < -0.4 is 0 Å². The molecule has 0 aromatic carbocycles. The molecule has 0 spiro atoms. The predicted molar refractivity (Wildman–Crippen MR) is 81.8 cm³/mol. The Labute approximate surface area is 134 Å². The first-order valence-corrected chi connectivity index (χ1v) is 8.28. The van der Waals surface area contributed by atoms with Crippen LogP contribution in [0.15, 0.2) is 10.6 Å². The van der Waals surface area contributed by atoms with E-state index in [0.717, 1.165) is 50.2 Å². The molecule has 0 bridgehead atoms. The number of rotatable bonds is 3. The molecule has 2 aliphatic rings. The SMILES string of the molecule is Cc1cc(C(=O)N2CCCCC2c2noc(C3CC3)n2)n(C)n1. The molecule has 7 heteroatoms. The van der Waals surface area contributed by atoms with Crippen LogP contribution in [0.5, 0.6) is 0 Å². The van der Waals surface area contributed by atoms with Crippen LogP contribution >= 0.6 is 0 Å². The monoisotopic (exact) mass is 315 g/mol. The van der Waals surface area contributed by atoms with E-state index in [0.29, 0.717) is 17.4 Å². The summed E-state index contributed by atoms with van der Waals surface area (Å²) in [4.78, 5) is 19.4. The van der Waals surface area contributed by atoms with Crippen molar-refractivity contribution in [1.29, 1.82) is 0 Å². The Bertz CT molecular complexity index is 731. The van der Waals surface area contributed by atoms with E-state index < -0.39 is 0 Å². The van der Waals surface area contributed by atoms with Gasteiger partial charge in [0, 0.05) is 19.5 Å². The maximum atomic E-state index is 12.9. The van der Waals surface area contributed by atoms with Gasteiger partial charge < -0.3 is 9.42 Å². The topological polar surface area (TPSA) is 77.0 Å². The van der Waals surface area contributed by atoms with Crippen molar-refractivity contribution in [3.63, 3.8) is 0 Å². The molecule has 2 aromatic rings. The second-order valence-electron chi connectivity index (χ2n) is 6.57. The fourth-order valence-corrected chi connectivity index (χ4v) is 3.28. The number of carbonyl (C=O) groups excluding carboxylic acids is 1. The van der Waals surface area contributed by atoms with Crippen LogP contribution in [0.1, 0.15) is 72.0 Å². The summed E-state index contributed by atoms with van der Waals surface area (Å²) >= 11 is 0. The molecular weight excluding hydrogens is 294 g/mol. The number of aryl methyl sites for hydroxylation is 2. The van der Waals surface area contributed by atoms with Gasteiger partial charge in [-0.2, -0.15) is 10.1 Å². The highest BCUT2D eigenvalue weighted by Gasteiger charge is 2.35. The summed E-state index contributed by atoms with van der Waals surface area (Å²) in [6, 6.07) is 1.74. The van der Waals surface area contributed by atoms with Gasteiger partial charge in [-0.1, -0.05) is 5.16 Å². The zero-order chi connectivity index (χ0) is 16.0. The molecule has 1 aliphatic heterocycles. The van der Waals surface area contributed by atoms with Crippen molar-refractivity contribution in [2.75, 3.05) is 6.54 Å². The number of amides is 1. The maximum Gasteiger partial charge on any atom is 0.272 e. The number of aromatic nitrogens is 4. The third kappa shape index (κ3) is 2.64. The third-order valence-corrected chi connectivity index (χ3v) is 4.67. The van der Waals surface area contributed by atoms with Gasteiger partial charge in [0.15, 0.2) is 5.82 Å². The average molecular weight is 315 g/mol. The first-order chi connectivity index (χ1) is 11.1. The van der Waals surface area contributed by atoms with Crippen LogP contribution in [-0.4, -0.2) is 37.3 Å². The summed E-state index contributed by atoms with van der Waals surface area (Å²) in [5.74, 6) is 1.81. The molecule has 2 aromatic heterocycles. The highest BCUT2D eigenvalue weighted by atomic mass is 16.5. The van der Waals surface area contributed by atoms with Crippen molar-refractivity contribution in [2.45, 2.75) is 51.0 Å². The fraction of sp³-hybridized carbons (Fsp3) is 0.625. The van der Waals surface area contributed by atoms with Gasteiger partial charge in [-0.25, -0.2) is 0 Å². The van der Waals surface area contributed by atoms with Gasteiger partial charge in [0.25, 0.3) is 5.91 Å². The second-order valence-corrected chi connectivity index (χ2v) is 6.57. The maximum absolute atomic E-state index is 12.9. The smallest absolute Gasteiger partial charge is 0.272 e. The summed E-state index contributed by atoms with van der Waals surface area (Å²) < 4.78 is 7.03. The van der Waals surface area contributed by atoms with Gasteiger partial charge >= 0.3 is 0 Å². The predicted octanol–water partition coefficient (Wildman–Crippen LogP) is 2.36. The number of hydrogen-bond donors (Lipinski definition) is 0. The highest BCUT2D eigenvalue weighted by molar-refractivity contribution is 5.93. The lowest BCUT2D eigenvalue weighted by atomic mass is 10.0. The van der Waals surface area contributed by atoms with Crippen molar-refractivity contribution in [1.82, 2.24) is 24.8 Å². The second kappa shape index (κ2) is 5.47. The lowest BCUT2D eigenvalue weighted by Crippen LogP contribution is -2.39. The Morgan fingerprint density at radius 1 is 1.30 bits per heavy atom. The minimum Gasteiger partial charge on any atom is -0.339 e. The standard InChI is InChI=1S/C16H21N5O2/c1-10-9-13(20(2)18-10)16(22)21-8-4-3-5-12(21)14-17-15(23-19-14)11-6-7-11/h9,11-12H,3-8H2,1-2H3. The van der Waals surface area contributed by atoms with Crippen molar-refractivity contribution >= 4 is 5.91 Å². The summed E-state index contributed by atoms with van der Waals surface area (Å²) in [7, 11) is 1.80. The molecule has 1 unspecified atom stereocenters. The molecule has 2 fully saturated rings. The van der Waals surface area contributed by atoms with E-state index in [2.05, 4.69) is 15.2 Å². The molecule has 1 amide bonds. The zero-order valence-electron chi connectivity index (χ0n) is 13.5. The van der Waals surface area contributed by atoms with E-state index in [4.69, 9.17) is 4.52 Å². The van der Waals surface area contributed by atoms with E-state index in [1.807, 2.05) is 17.9 Å². The molecule has 1 saturated heterocycles. The number of carbonyl (C=O) groups is 1. The lowest BCUT2D eigenvalue weighted by molar-refractivity contribution is 0.0585. The Kier molecular flexibility index (Phi) is 3.43. The average Bonchev–Trinajstić information content (AvgIpc) is 3.18. The van der Waals surface area contributed by atoms with Gasteiger partial charge in [0.05, 0.1) is 11.7 Å². The van der Waals surface area contributed by atoms with E-state index in [1.165, 1.54) is 0 Å². The third-order valence-electron chi connectivity index (χ3n) is 4.67. The summed E-state index contributed by atoms with van der Waals surface area (Å²) in [6.07, 6.45) is 5.22. The molecule has 0 N–H and O–H groups in total. The molecule has 1 aliphatic carbocycles. The minimum absolute atomic E-state index is 0.00410. The lowest BCUT2D eigenvalue weighted by Gasteiger charge is -2.33. The van der Waals surface area contributed by atoms with E-state index in [9.17, 15) is 4.79 Å². The Balaban J connectivity index is 1.61. The van der Waals surface area contributed by atoms with Crippen LogP contribution in [0.3, 0.4) is 0 Å². The van der Waals surface area contributed by atoms with E-state index >= 15 is 0 Å². The molecular formula is C16H21N5O2. The molecule has 23 heavy (non-hydrogen) atoms. The van der Waals surface area contributed by atoms with Crippen LogP contribution in [-0.2, 0) is 7.05 Å². The van der Waals surface area contributed by atoms with Crippen molar-refractivity contribution in [3.8, 4) is 0 Å².